The van der Waals surface area contributed by atoms with Gasteiger partial charge in [-0.25, -0.2) is 9.79 Å². The molecule has 1 aliphatic rings. The molecule has 1 aliphatic heterocycles. The SMILES string of the molecule is COc1cccc(C2=N/C(=C\c3ccc(OCC(N)=O)c(OC)c3)C(=O)O2)c1. The Morgan fingerprint density at radius 3 is 2.68 bits per heavy atom. The van der Waals surface area contributed by atoms with Crippen LogP contribution in [0.1, 0.15) is 11.1 Å². The Balaban J connectivity index is 1.86. The van der Waals surface area contributed by atoms with Crippen molar-refractivity contribution in [3.63, 3.8) is 0 Å². The monoisotopic (exact) mass is 382 g/mol. The first-order valence-corrected chi connectivity index (χ1v) is 8.26. The summed E-state index contributed by atoms with van der Waals surface area (Å²) in [6, 6.07) is 12.0. The number of carbonyl (C=O) groups is 2. The molecule has 1 heterocycles. The molecule has 0 fully saturated rings. The van der Waals surface area contributed by atoms with Crippen molar-refractivity contribution in [2.75, 3.05) is 20.8 Å². The van der Waals surface area contributed by atoms with Gasteiger partial charge >= 0.3 is 5.97 Å². The van der Waals surface area contributed by atoms with Gasteiger partial charge in [0.25, 0.3) is 5.91 Å². The number of aliphatic imine (C=N–C) groups is 1. The molecule has 0 aliphatic carbocycles. The quantitative estimate of drug-likeness (QED) is 0.579. The lowest BCUT2D eigenvalue weighted by Crippen LogP contribution is -2.20. The van der Waals surface area contributed by atoms with Crippen LogP contribution >= 0.6 is 0 Å². The van der Waals surface area contributed by atoms with E-state index in [9.17, 15) is 9.59 Å². The second-order valence-electron chi connectivity index (χ2n) is 5.73. The van der Waals surface area contributed by atoms with E-state index in [1.54, 1.807) is 55.7 Å². The van der Waals surface area contributed by atoms with Crippen LogP contribution in [0.25, 0.3) is 6.08 Å². The summed E-state index contributed by atoms with van der Waals surface area (Å²) in [6.07, 6.45) is 1.57. The van der Waals surface area contributed by atoms with Crippen LogP contribution in [-0.2, 0) is 14.3 Å². The van der Waals surface area contributed by atoms with Gasteiger partial charge in [0.1, 0.15) is 5.75 Å². The van der Waals surface area contributed by atoms with Gasteiger partial charge in [0.05, 0.1) is 14.2 Å². The number of nitrogens with zero attached hydrogens (tertiary/aromatic N) is 1. The summed E-state index contributed by atoms with van der Waals surface area (Å²) in [5, 5.41) is 0. The number of rotatable bonds is 7. The van der Waals surface area contributed by atoms with E-state index in [0.29, 0.717) is 28.4 Å². The number of carbonyl (C=O) groups excluding carboxylic acids is 2. The number of hydrogen-bond donors (Lipinski definition) is 1. The summed E-state index contributed by atoms with van der Waals surface area (Å²) in [5.41, 5.74) is 6.49. The van der Waals surface area contributed by atoms with E-state index in [1.807, 2.05) is 0 Å². The number of nitrogens with two attached hydrogens (primary N) is 1. The number of esters is 1. The summed E-state index contributed by atoms with van der Waals surface area (Å²) < 4.78 is 21.0. The number of hydrogen-bond acceptors (Lipinski definition) is 7. The van der Waals surface area contributed by atoms with Crippen molar-refractivity contribution in [3.8, 4) is 17.2 Å². The van der Waals surface area contributed by atoms with E-state index in [4.69, 9.17) is 24.7 Å². The third kappa shape index (κ3) is 4.29. The highest BCUT2D eigenvalue weighted by atomic mass is 16.6. The third-order valence-electron chi connectivity index (χ3n) is 3.80. The standard InChI is InChI=1S/C20H18N2O6/c1-25-14-5-3-4-13(10-14)19-22-15(20(24)28-19)8-12-6-7-16(17(9-12)26-2)27-11-18(21)23/h3-10H,11H2,1-2H3,(H2,21,23)/b15-8-. The maximum atomic E-state index is 12.2. The predicted molar refractivity (Wildman–Crippen MR) is 101 cm³/mol. The van der Waals surface area contributed by atoms with Gasteiger partial charge in [0, 0.05) is 5.56 Å². The van der Waals surface area contributed by atoms with Gasteiger partial charge in [0.2, 0.25) is 5.90 Å². The highest BCUT2D eigenvalue weighted by Gasteiger charge is 2.24. The van der Waals surface area contributed by atoms with Crippen molar-refractivity contribution in [1.82, 2.24) is 0 Å². The largest absolute Gasteiger partial charge is 0.497 e. The first kappa shape index (κ1) is 19.0. The van der Waals surface area contributed by atoms with Crippen LogP contribution in [0.2, 0.25) is 0 Å². The average molecular weight is 382 g/mol. The molecule has 8 nitrogen and oxygen atoms in total. The zero-order valence-corrected chi connectivity index (χ0v) is 15.3. The van der Waals surface area contributed by atoms with Crippen molar-refractivity contribution in [2.45, 2.75) is 0 Å². The topological polar surface area (TPSA) is 109 Å². The first-order chi connectivity index (χ1) is 13.5. The van der Waals surface area contributed by atoms with Crippen molar-refractivity contribution in [3.05, 3.63) is 59.3 Å². The molecule has 2 aromatic carbocycles. The zero-order chi connectivity index (χ0) is 20.1. The smallest absolute Gasteiger partial charge is 0.363 e. The predicted octanol–water partition coefficient (Wildman–Crippen LogP) is 1.91. The molecule has 0 radical (unpaired) electrons. The minimum absolute atomic E-state index is 0.144. The van der Waals surface area contributed by atoms with Crippen LogP contribution in [0.3, 0.4) is 0 Å². The summed E-state index contributed by atoms with van der Waals surface area (Å²) in [6.45, 7) is -0.267. The molecule has 0 spiro atoms. The maximum absolute atomic E-state index is 12.2. The van der Waals surface area contributed by atoms with Crippen LogP contribution < -0.4 is 19.9 Å². The molecule has 0 unspecified atom stereocenters. The molecule has 2 aromatic rings. The van der Waals surface area contributed by atoms with E-state index in [2.05, 4.69) is 4.99 Å². The summed E-state index contributed by atoms with van der Waals surface area (Å²) in [5.74, 6) is 0.415. The van der Waals surface area contributed by atoms with E-state index in [0.717, 1.165) is 0 Å². The molecule has 0 saturated heterocycles. The van der Waals surface area contributed by atoms with E-state index >= 15 is 0 Å². The summed E-state index contributed by atoms with van der Waals surface area (Å²) in [7, 11) is 3.02. The number of ether oxygens (including phenoxy) is 4. The van der Waals surface area contributed by atoms with Crippen molar-refractivity contribution >= 4 is 23.9 Å². The molecule has 0 aromatic heterocycles. The van der Waals surface area contributed by atoms with Crippen LogP contribution in [0, 0.1) is 0 Å². The molecule has 8 heteroatoms. The molecular formula is C20H18N2O6. The Labute approximate surface area is 161 Å². The molecule has 3 rings (SSSR count). The van der Waals surface area contributed by atoms with Crippen molar-refractivity contribution in [2.24, 2.45) is 10.7 Å². The van der Waals surface area contributed by atoms with Crippen LogP contribution in [-0.4, -0.2) is 38.6 Å². The lowest BCUT2D eigenvalue weighted by atomic mass is 10.1. The van der Waals surface area contributed by atoms with Crippen molar-refractivity contribution in [1.29, 1.82) is 0 Å². The molecule has 28 heavy (non-hydrogen) atoms. The first-order valence-electron chi connectivity index (χ1n) is 8.26. The van der Waals surface area contributed by atoms with E-state index < -0.39 is 11.9 Å². The number of primary amides is 1. The van der Waals surface area contributed by atoms with Gasteiger partial charge in [-0.1, -0.05) is 12.1 Å². The van der Waals surface area contributed by atoms with E-state index in [1.165, 1.54) is 7.11 Å². The molecular weight excluding hydrogens is 364 g/mol. The van der Waals surface area contributed by atoms with Crippen LogP contribution in [0.4, 0.5) is 0 Å². The fraction of sp³-hybridized carbons (Fsp3) is 0.150. The second-order valence-corrected chi connectivity index (χ2v) is 5.73. The Hall–Kier alpha value is -3.81. The van der Waals surface area contributed by atoms with Crippen molar-refractivity contribution < 1.29 is 28.5 Å². The molecule has 1 amide bonds. The Morgan fingerprint density at radius 1 is 1.14 bits per heavy atom. The highest BCUT2D eigenvalue weighted by Crippen LogP contribution is 2.30. The van der Waals surface area contributed by atoms with Gasteiger partial charge in [-0.05, 0) is 42.0 Å². The number of methoxy groups -OCH3 is 2. The van der Waals surface area contributed by atoms with Gasteiger partial charge in [-0.15, -0.1) is 0 Å². The molecule has 144 valence electrons. The fourth-order valence-corrected chi connectivity index (χ4v) is 2.49. The van der Waals surface area contributed by atoms with Gasteiger partial charge in [-0.2, -0.15) is 0 Å². The number of cyclic esters (lactones) is 1. The maximum Gasteiger partial charge on any atom is 0.363 e. The lowest BCUT2D eigenvalue weighted by molar-refractivity contribution is -0.130. The van der Waals surface area contributed by atoms with Crippen LogP contribution in [0.5, 0.6) is 17.2 Å². The average Bonchev–Trinajstić information content (AvgIpc) is 3.07. The van der Waals surface area contributed by atoms with Gasteiger partial charge in [0.15, 0.2) is 23.8 Å². The molecule has 0 saturated carbocycles. The highest BCUT2D eigenvalue weighted by molar-refractivity contribution is 6.13. The molecule has 2 N–H and O–H groups in total. The summed E-state index contributed by atoms with van der Waals surface area (Å²) in [4.78, 5) is 27.3. The minimum Gasteiger partial charge on any atom is -0.497 e. The van der Waals surface area contributed by atoms with Gasteiger partial charge < -0.3 is 24.7 Å². The number of benzene rings is 2. The zero-order valence-electron chi connectivity index (χ0n) is 15.3. The fourth-order valence-electron chi connectivity index (χ4n) is 2.49. The Bertz CT molecular complexity index is 980. The third-order valence-corrected chi connectivity index (χ3v) is 3.80. The van der Waals surface area contributed by atoms with Gasteiger partial charge in [-0.3, -0.25) is 4.79 Å². The minimum atomic E-state index is -0.596. The Kier molecular flexibility index (Phi) is 5.59. The molecule has 0 bridgehead atoms. The lowest BCUT2D eigenvalue weighted by Gasteiger charge is -2.09. The summed E-state index contributed by atoms with van der Waals surface area (Å²) >= 11 is 0. The Morgan fingerprint density at radius 2 is 1.96 bits per heavy atom. The second kappa shape index (κ2) is 8.26. The molecule has 0 atom stereocenters. The normalized spacial score (nSPS) is 14.4. The number of amides is 1. The van der Waals surface area contributed by atoms with E-state index in [-0.39, 0.29) is 18.2 Å². The van der Waals surface area contributed by atoms with Crippen LogP contribution in [0.15, 0.2) is 53.2 Å².